The quantitative estimate of drug-likeness (QED) is 0.426. The summed E-state index contributed by atoms with van der Waals surface area (Å²) in [6, 6.07) is 13.4. The molecule has 0 aliphatic carbocycles. The zero-order chi connectivity index (χ0) is 16.6. The summed E-state index contributed by atoms with van der Waals surface area (Å²) in [4.78, 5) is 24.0. The largest absolute Gasteiger partial charge is 0.507 e. The van der Waals surface area contributed by atoms with Crippen molar-refractivity contribution >= 4 is 49.3 Å². The standard InChI is InChI=1S/C17H11Br2NO3/c18-11-5-1-9(2-6-11)14-13(16(22)17(23)20-14)15(21)10-3-7-12(19)8-4-10/h1-8,14,21H,(H,20,23)/b15-13-. The van der Waals surface area contributed by atoms with Crippen molar-refractivity contribution < 1.29 is 14.7 Å². The van der Waals surface area contributed by atoms with Gasteiger partial charge in [-0.3, -0.25) is 9.59 Å². The molecule has 0 radical (unpaired) electrons. The van der Waals surface area contributed by atoms with E-state index in [1.54, 1.807) is 36.4 Å². The first-order chi connectivity index (χ1) is 11.0. The number of amides is 1. The fraction of sp³-hybridized carbons (Fsp3) is 0.0588. The predicted octanol–water partition coefficient (Wildman–Crippen LogP) is 3.92. The molecule has 1 amide bonds. The number of halogens is 2. The Balaban J connectivity index is 2.10. The number of aliphatic hydroxyl groups excluding tert-OH is 1. The van der Waals surface area contributed by atoms with Crippen LogP contribution in [0.1, 0.15) is 17.2 Å². The number of ketones is 1. The lowest BCUT2D eigenvalue weighted by Crippen LogP contribution is -2.21. The van der Waals surface area contributed by atoms with E-state index in [2.05, 4.69) is 37.2 Å². The molecule has 116 valence electrons. The van der Waals surface area contributed by atoms with E-state index < -0.39 is 17.7 Å². The molecule has 2 aromatic carbocycles. The number of nitrogens with one attached hydrogen (secondary N) is 1. The van der Waals surface area contributed by atoms with Crippen LogP contribution in [0.4, 0.5) is 0 Å². The van der Waals surface area contributed by atoms with Gasteiger partial charge in [0.25, 0.3) is 11.7 Å². The second-order valence-corrected chi connectivity index (χ2v) is 6.89. The van der Waals surface area contributed by atoms with E-state index >= 15 is 0 Å². The van der Waals surface area contributed by atoms with Crippen LogP contribution in [0.15, 0.2) is 63.0 Å². The summed E-state index contributed by atoms with van der Waals surface area (Å²) in [6.45, 7) is 0. The third-order valence-electron chi connectivity index (χ3n) is 3.59. The molecule has 0 saturated carbocycles. The van der Waals surface area contributed by atoms with Gasteiger partial charge in [-0.25, -0.2) is 0 Å². The van der Waals surface area contributed by atoms with Crippen molar-refractivity contribution in [3.63, 3.8) is 0 Å². The van der Waals surface area contributed by atoms with E-state index in [0.29, 0.717) is 5.56 Å². The van der Waals surface area contributed by atoms with Crippen LogP contribution in [0.5, 0.6) is 0 Å². The van der Waals surface area contributed by atoms with Crippen LogP contribution >= 0.6 is 31.9 Å². The van der Waals surface area contributed by atoms with Crippen molar-refractivity contribution in [3.05, 3.63) is 74.2 Å². The number of hydrogen-bond acceptors (Lipinski definition) is 3. The molecule has 0 spiro atoms. The van der Waals surface area contributed by atoms with Crippen LogP contribution in [0.3, 0.4) is 0 Å². The van der Waals surface area contributed by atoms with Crippen molar-refractivity contribution in [1.82, 2.24) is 5.32 Å². The summed E-state index contributed by atoms with van der Waals surface area (Å²) >= 11 is 6.66. The summed E-state index contributed by atoms with van der Waals surface area (Å²) < 4.78 is 1.75. The number of carbonyl (C=O) groups excluding carboxylic acids is 2. The lowest BCUT2D eigenvalue weighted by Gasteiger charge is -2.13. The predicted molar refractivity (Wildman–Crippen MR) is 93.7 cm³/mol. The maximum Gasteiger partial charge on any atom is 0.293 e. The molecule has 1 unspecified atom stereocenters. The highest BCUT2D eigenvalue weighted by Gasteiger charge is 2.39. The first-order valence-corrected chi connectivity index (χ1v) is 8.35. The summed E-state index contributed by atoms with van der Waals surface area (Å²) in [7, 11) is 0. The molecular weight excluding hydrogens is 426 g/mol. The molecule has 6 heteroatoms. The zero-order valence-electron chi connectivity index (χ0n) is 11.7. The van der Waals surface area contributed by atoms with Gasteiger partial charge in [0.1, 0.15) is 5.76 Å². The molecule has 1 atom stereocenters. The Morgan fingerprint density at radius 3 is 2.00 bits per heavy atom. The van der Waals surface area contributed by atoms with Crippen LogP contribution < -0.4 is 5.32 Å². The van der Waals surface area contributed by atoms with E-state index in [0.717, 1.165) is 14.5 Å². The molecule has 0 aromatic heterocycles. The van der Waals surface area contributed by atoms with Crippen LogP contribution in [0.25, 0.3) is 5.76 Å². The molecule has 4 nitrogen and oxygen atoms in total. The Hall–Kier alpha value is -1.92. The van der Waals surface area contributed by atoms with Gasteiger partial charge in [-0.1, -0.05) is 56.1 Å². The molecule has 3 rings (SSSR count). The number of carbonyl (C=O) groups is 2. The van der Waals surface area contributed by atoms with Crippen molar-refractivity contribution in [1.29, 1.82) is 0 Å². The topological polar surface area (TPSA) is 66.4 Å². The summed E-state index contributed by atoms with van der Waals surface area (Å²) in [6.07, 6.45) is 0. The van der Waals surface area contributed by atoms with E-state index in [9.17, 15) is 14.7 Å². The third-order valence-corrected chi connectivity index (χ3v) is 4.65. The molecule has 2 aromatic rings. The van der Waals surface area contributed by atoms with Crippen molar-refractivity contribution in [2.75, 3.05) is 0 Å². The minimum atomic E-state index is -0.711. The van der Waals surface area contributed by atoms with E-state index in [1.165, 1.54) is 0 Å². The minimum Gasteiger partial charge on any atom is -0.507 e. The molecular formula is C17H11Br2NO3. The van der Waals surface area contributed by atoms with Crippen LogP contribution in [0, 0.1) is 0 Å². The monoisotopic (exact) mass is 435 g/mol. The third kappa shape index (κ3) is 3.09. The lowest BCUT2D eigenvalue weighted by atomic mass is 9.96. The average Bonchev–Trinajstić information content (AvgIpc) is 2.84. The average molecular weight is 437 g/mol. The first-order valence-electron chi connectivity index (χ1n) is 6.77. The molecule has 1 heterocycles. The van der Waals surface area contributed by atoms with Gasteiger partial charge in [-0.05, 0) is 29.8 Å². The van der Waals surface area contributed by atoms with Crippen LogP contribution in [0.2, 0.25) is 0 Å². The Kier molecular flexibility index (Phi) is 4.37. The van der Waals surface area contributed by atoms with E-state index in [1.807, 2.05) is 12.1 Å². The first kappa shape index (κ1) is 16.0. The van der Waals surface area contributed by atoms with Crippen LogP contribution in [-0.2, 0) is 9.59 Å². The summed E-state index contributed by atoms with van der Waals surface area (Å²) in [5.41, 5.74) is 1.28. The van der Waals surface area contributed by atoms with Crippen LogP contribution in [-0.4, -0.2) is 16.8 Å². The highest BCUT2D eigenvalue weighted by molar-refractivity contribution is 9.10. The maximum absolute atomic E-state index is 12.2. The molecule has 0 bridgehead atoms. The smallest absolute Gasteiger partial charge is 0.293 e. The molecule has 23 heavy (non-hydrogen) atoms. The van der Waals surface area contributed by atoms with Gasteiger partial charge >= 0.3 is 0 Å². The Bertz CT molecular complexity index is 811. The summed E-state index contributed by atoms with van der Waals surface area (Å²) in [5.74, 6) is -1.61. The molecule has 1 saturated heterocycles. The van der Waals surface area contributed by atoms with Gasteiger partial charge in [0, 0.05) is 14.5 Å². The second-order valence-electron chi connectivity index (χ2n) is 5.06. The Morgan fingerprint density at radius 1 is 0.913 bits per heavy atom. The minimum absolute atomic E-state index is 0.0691. The number of aliphatic hydroxyl groups is 1. The number of hydrogen-bond donors (Lipinski definition) is 2. The van der Waals surface area contributed by atoms with Crippen molar-refractivity contribution in [2.24, 2.45) is 0 Å². The van der Waals surface area contributed by atoms with Gasteiger partial charge < -0.3 is 10.4 Å². The second kappa shape index (κ2) is 6.29. The fourth-order valence-corrected chi connectivity index (χ4v) is 2.96. The van der Waals surface area contributed by atoms with Gasteiger partial charge in [-0.15, -0.1) is 0 Å². The highest BCUT2D eigenvalue weighted by atomic mass is 79.9. The van der Waals surface area contributed by atoms with Gasteiger partial charge in [0.15, 0.2) is 0 Å². The number of Topliss-reactive ketones (excluding diaryl/α,β-unsaturated/α-hetero) is 1. The maximum atomic E-state index is 12.2. The van der Waals surface area contributed by atoms with Gasteiger partial charge in [0.05, 0.1) is 11.6 Å². The highest BCUT2D eigenvalue weighted by Crippen LogP contribution is 2.33. The number of benzene rings is 2. The van der Waals surface area contributed by atoms with Crippen molar-refractivity contribution in [2.45, 2.75) is 6.04 Å². The van der Waals surface area contributed by atoms with E-state index in [4.69, 9.17) is 0 Å². The molecule has 1 aliphatic heterocycles. The summed E-state index contributed by atoms with van der Waals surface area (Å²) in [5, 5.41) is 13.1. The molecule has 1 fully saturated rings. The normalized spacial score (nSPS) is 19.7. The fourth-order valence-electron chi connectivity index (χ4n) is 2.43. The SMILES string of the molecule is O=C1NC(c2ccc(Br)cc2)/C(=C(/O)c2ccc(Br)cc2)C1=O. The molecule has 1 aliphatic rings. The van der Waals surface area contributed by atoms with Gasteiger partial charge in [0.2, 0.25) is 0 Å². The molecule has 2 N–H and O–H groups in total. The van der Waals surface area contributed by atoms with E-state index in [-0.39, 0.29) is 11.3 Å². The zero-order valence-corrected chi connectivity index (χ0v) is 14.9. The lowest BCUT2D eigenvalue weighted by molar-refractivity contribution is -0.133. The Labute approximate surface area is 149 Å². The van der Waals surface area contributed by atoms with Crippen molar-refractivity contribution in [3.8, 4) is 0 Å². The number of rotatable bonds is 2. The Morgan fingerprint density at radius 2 is 1.43 bits per heavy atom. The van der Waals surface area contributed by atoms with Gasteiger partial charge in [-0.2, -0.15) is 0 Å².